The molecule has 0 saturated carbocycles. The van der Waals surface area contributed by atoms with Crippen molar-refractivity contribution in [2.24, 2.45) is 0 Å². The second-order valence-corrected chi connectivity index (χ2v) is 16.1. The van der Waals surface area contributed by atoms with Crippen LogP contribution in [-0.4, -0.2) is 82.2 Å². The zero-order chi connectivity index (χ0) is 25.5. The summed E-state index contributed by atoms with van der Waals surface area (Å²) < 4.78 is 11.9. The Kier molecular flexibility index (Phi) is 6.84. The van der Waals surface area contributed by atoms with Crippen molar-refractivity contribution in [1.29, 1.82) is 5.26 Å². The number of aryl methyl sites for hydroxylation is 1. The molecule has 2 saturated heterocycles. The molecule has 2 fully saturated rings. The summed E-state index contributed by atoms with van der Waals surface area (Å²) in [6.07, 6.45) is 4.05. The molecular formula is C28H32IN6O2+. The molecule has 1 N–H and O–H groups in total. The Morgan fingerprint density at radius 2 is 2.14 bits per heavy atom. The number of fused-ring (bicyclic) bond motifs is 2. The van der Waals surface area contributed by atoms with Crippen molar-refractivity contribution in [3.05, 3.63) is 59.5 Å². The molecule has 0 radical (unpaired) electrons. The van der Waals surface area contributed by atoms with Crippen molar-refractivity contribution in [3.8, 4) is 6.07 Å². The Morgan fingerprint density at radius 3 is 2.95 bits per heavy atom. The van der Waals surface area contributed by atoms with Crippen LogP contribution in [0.5, 0.6) is 0 Å². The molecule has 37 heavy (non-hydrogen) atoms. The summed E-state index contributed by atoms with van der Waals surface area (Å²) in [5.41, 5.74) is 5.39. The van der Waals surface area contributed by atoms with Gasteiger partial charge in [0.25, 0.3) is 0 Å². The van der Waals surface area contributed by atoms with Gasteiger partial charge in [-0.3, -0.25) is 0 Å². The normalized spacial score (nSPS) is 24.8. The van der Waals surface area contributed by atoms with E-state index in [-0.39, 0.29) is 18.8 Å². The summed E-state index contributed by atoms with van der Waals surface area (Å²) >= 11 is -1.12. The van der Waals surface area contributed by atoms with E-state index in [4.69, 9.17) is 4.74 Å². The van der Waals surface area contributed by atoms with Crippen LogP contribution in [0.1, 0.15) is 23.9 Å². The number of aliphatic hydroxyl groups is 1. The number of nitrogens with zero attached hydrogens (tertiary/aromatic N) is 6. The molecule has 9 heteroatoms. The van der Waals surface area contributed by atoms with E-state index in [1.807, 2.05) is 31.2 Å². The van der Waals surface area contributed by atoms with Crippen LogP contribution in [0.2, 0.25) is 0 Å². The molecule has 2 aromatic heterocycles. The van der Waals surface area contributed by atoms with E-state index in [9.17, 15) is 10.4 Å². The van der Waals surface area contributed by atoms with Crippen LogP contribution in [-0.2, 0) is 11.3 Å². The Morgan fingerprint density at radius 1 is 1.24 bits per heavy atom. The number of hydrogen-bond acceptors (Lipinski definition) is 7. The molecule has 3 aliphatic rings. The predicted molar refractivity (Wildman–Crippen MR) is 153 cm³/mol. The maximum atomic E-state index is 9.56. The Balaban J connectivity index is 1.12. The summed E-state index contributed by atoms with van der Waals surface area (Å²) in [6.45, 7) is 8.11. The fourth-order valence-corrected chi connectivity index (χ4v) is 12.8. The van der Waals surface area contributed by atoms with Crippen molar-refractivity contribution in [1.82, 2.24) is 14.9 Å². The topological polar surface area (TPSA) is 88.5 Å². The fraction of sp³-hybridized carbons (Fsp3) is 0.429. The second-order valence-electron chi connectivity index (χ2n) is 10.1. The molecule has 1 unspecified atom stereocenters. The fourth-order valence-electron chi connectivity index (χ4n) is 5.77. The summed E-state index contributed by atoms with van der Waals surface area (Å²) in [5, 5.41) is 20.1. The first-order valence-corrected chi connectivity index (χ1v) is 17.0. The number of ether oxygens (including phenoxy) is 1. The number of nitriles is 1. The number of benzene rings is 1. The van der Waals surface area contributed by atoms with Gasteiger partial charge in [-0.1, -0.05) is 0 Å². The summed E-state index contributed by atoms with van der Waals surface area (Å²) in [6, 6.07) is 14.4. The molecule has 3 aliphatic heterocycles. The average Bonchev–Trinajstić information content (AvgIpc) is 3.46. The standard InChI is InChI=1S/C28H32IN6O2/c1-19-8-24(9-23(16-36)32-19)35-13-22-12-33(17-29(22)18-35)14-25-15-34(11-20(2)37-25)27-6-5-21(10-30)28-26(27)4-3-7-31-28/h3-9,11,20,22,25,36H,12-18H2,1-2H3/q+1/t20-,22?,25+/m1/s1. The number of anilines is 1. The van der Waals surface area contributed by atoms with Crippen LogP contribution in [0.3, 0.4) is 0 Å². The molecule has 8 nitrogen and oxygen atoms in total. The minimum atomic E-state index is -1.12. The van der Waals surface area contributed by atoms with Crippen LogP contribution < -0.4 is 4.90 Å². The monoisotopic (exact) mass is 611 g/mol. The van der Waals surface area contributed by atoms with Gasteiger partial charge in [0.1, 0.15) is 0 Å². The molecule has 6 rings (SSSR count). The van der Waals surface area contributed by atoms with E-state index in [0.717, 1.165) is 58.1 Å². The van der Waals surface area contributed by atoms with Gasteiger partial charge in [0.05, 0.1) is 0 Å². The van der Waals surface area contributed by atoms with Crippen molar-refractivity contribution >= 4 is 48.3 Å². The number of alkyl halides is 3. The van der Waals surface area contributed by atoms with Crippen LogP contribution in [0, 0.1) is 18.3 Å². The van der Waals surface area contributed by atoms with E-state index in [1.54, 1.807) is 6.20 Å². The number of halogens is 1. The average molecular weight is 612 g/mol. The third kappa shape index (κ3) is 4.95. The molecule has 5 heterocycles. The number of aromatic nitrogens is 2. The van der Waals surface area contributed by atoms with Crippen LogP contribution in [0.25, 0.3) is 10.9 Å². The molecule has 192 valence electrons. The zero-order valence-electron chi connectivity index (χ0n) is 21.2. The summed E-state index contributed by atoms with van der Waals surface area (Å²) in [7, 11) is 0. The number of hydrogen-bond donors (Lipinski definition) is 1. The summed E-state index contributed by atoms with van der Waals surface area (Å²) in [5.74, 6) is 0. The van der Waals surface area contributed by atoms with Gasteiger partial charge in [0.15, 0.2) is 0 Å². The van der Waals surface area contributed by atoms with Crippen LogP contribution in [0.15, 0.2) is 42.6 Å². The maximum absolute atomic E-state index is 9.56. The molecule has 0 aliphatic carbocycles. The minimum absolute atomic E-state index is 0.00885. The molecule has 0 bridgehead atoms. The van der Waals surface area contributed by atoms with Crippen molar-refractivity contribution in [3.63, 3.8) is 0 Å². The van der Waals surface area contributed by atoms with E-state index in [1.165, 1.54) is 14.8 Å². The van der Waals surface area contributed by atoms with Gasteiger partial charge in [0, 0.05) is 0 Å². The number of pyridine rings is 2. The van der Waals surface area contributed by atoms with Crippen molar-refractivity contribution < 1.29 is 14.4 Å². The van der Waals surface area contributed by atoms with E-state index in [2.05, 4.69) is 55.7 Å². The van der Waals surface area contributed by atoms with Gasteiger partial charge in [-0.25, -0.2) is 0 Å². The molecule has 3 aromatic rings. The Hall–Kier alpha value is -2.65. The van der Waals surface area contributed by atoms with Gasteiger partial charge in [-0.05, 0) is 0 Å². The van der Waals surface area contributed by atoms with E-state index in [0.29, 0.717) is 5.56 Å². The third-order valence-corrected chi connectivity index (χ3v) is 14.1. The predicted octanol–water partition coefficient (Wildman–Crippen LogP) is 3.43. The first-order chi connectivity index (χ1) is 18.0. The molecule has 3 atom stereocenters. The number of aliphatic hydroxyl groups excluding tert-OH is 1. The molecular weight excluding hydrogens is 579 g/mol. The molecule has 1 aromatic carbocycles. The van der Waals surface area contributed by atoms with Gasteiger partial charge < -0.3 is 0 Å². The summed E-state index contributed by atoms with van der Waals surface area (Å²) in [4.78, 5) is 14.1. The molecule has 0 spiro atoms. The first-order valence-electron chi connectivity index (χ1n) is 12.7. The van der Waals surface area contributed by atoms with Crippen molar-refractivity contribution in [2.75, 3.05) is 40.2 Å². The van der Waals surface area contributed by atoms with Crippen LogP contribution in [0.4, 0.5) is 11.4 Å². The SMILES string of the molecule is Cc1cc(N2CC3CN(C[C@H]4C[N+](c5ccc(C#N)c6ncccc56)=C[C@@H](C)O4)CI3C2)cc(CO)n1. The van der Waals surface area contributed by atoms with Gasteiger partial charge in [0.2, 0.25) is 0 Å². The van der Waals surface area contributed by atoms with Crippen molar-refractivity contribution in [2.45, 2.75) is 36.6 Å². The number of rotatable bonds is 5. The zero-order valence-corrected chi connectivity index (χ0v) is 23.4. The van der Waals surface area contributed by atoms with Gasteiger partial charge >= 0.3 is 225 Å². The third-order valence-electron chi connectivity index (χ3n) is 7.29. The van der Waals surface area contributed by atoms with E-state index >= 15 is 0 Å². The van der Waals surface area contributed by atoms with Gasteiger partial charge in [-0.15, -0.1) is 0 Å². The Bertz CT molecular complexity index is 1390. The Labute approximate surface area is 224 Å². The quantitative estimate of drug-likeness (QED) is 0.205. The van der Waals surface area contributed by atoms with Crippen LogP contribution >= 0.6 is 19.8 Å². The van der Waals surface area contributed by atoms with E-state index < -0.39 is 19.8 Å². The first kappa shape index (κ1) is 24.7. The van der Waals surface area contributed by atoms with Gasteiger partial charge in [-0.2, -0.15) is 0 Å². The second kappa shape index (κ2) is 10.3. The molecule has 0 amide bonds.